The van der Waals surface area contributed by atoms with Crippen molar-refractivity contribution in [3.63, 3.8) is 0 Å². The molecule has 0 bridgehead atoms. The molecular weight excluding hydrogens is 264 g/mol. The monoisotopic (exact) mass is 288 g/mol. The van der Waals surface area contributed by atoms with Crippen LogP contribution in [0.2, 0.25) is 0 Å². The Morgan fingerprint density at radius 3 is 2.86 bits per heavy atom. The quantitative estimate of drug-likeness (QED) is 0.918. The highest BCUT2D eigenvalue weighted by Crippen LogP contribution is 2.28. The first-order valence-electron chi connectivity index (χ1n) is 7.66. The third kappa shape index (κ3) is 2.84. The van der Waals surface area contributed by atoms with Crippen LogP contribution < -0.4 is 5.32 Å². The summed E-state index contributed by atoms with van der Waals surface area (Å²) >= 11 is 0. The predicted octanol–water partition coefficient (Wildman–Crippen LogP) is 2.76. The Hall–Kier alpha value is -1.36. The highest BCUT2D eigenvalue weighted by molar-refractivity contribution is 5.82. The van der Waals surface area contributed by atoms with Crippen molar-refractivity contribution in [1.29, 1.82) is 0 Å². The fraction of sp³-hybridized carbons (Fsp3) is 0.529. The molecule has 0 amide bonds. The van der Waals surface area contributed by atoms with Crippen molar-refractivity contribution in [3.05, 3.63) is 35.6 Å². The minimum atomic E-state index is 0.298. The largest absolute Gasteiger partial charge is 0.459 e. The van der Waals surface area contributed by atoms with Gasteiger partial charge in [0.1, 0.15) is 11.3 Å². The number of hydrogen-bond acceptors (Lipinski definition) is 4. The summed E-state index contributed by atoms with van der Waals surface area (Å²) in [7, 11) is 4.13. The van der Waals surface area contributed by atoms with E-state index in [1.165, 1.54) is 10.9 Å². The zero-order valence-corrected chi connectivity index (χ0v) is 13.1. The fourth-order valence-corrected chi connectivity index (χ4v) is 3.29. The van der Waals surface area contributed by atoms with E-state index < -0.39 is 0 Å². The van der Waals surface area contributed by atoms with Crippen molar-refractivity contribution in [3.8, 4) is 0 Å². The van der Waals surface area contributed by atoms with Crippen molar-refractivity contribution in [2.45, 2.75) is 38.6 Å². The lowest BCUT2D eigenvalue weighted by atomic mass is 10.1. The van der Waals surface area contributed by atoms with Gasteiger partial charge in [0.2, 0.25) is 0 Å². The minimum absolute atomic E-state index is 0.298. The van der Waals surface area contributed by atoms with Crippen LogP contribution in [-0.2, 0) is 17.8 Å². The Kier molecular flexibility index (Phi) is 4.29. The first kappa shape index (κ1) is 14.6. The molecule has 2 aromatic rings. The average Bonchev–Trinajstić information content (AvgIpc) is 3.04. The molecule has 1 aliphatic heterocycles. The van der Waals surface area contributed by atoms with Gasteiger partial charge in [-0.2, -0.15) is 0 Å². The van der Waals surface area contributed by atoms with Gasteiger partial charge in [-0.1, -0.05) is 18.2 Å². The summed E-state index contributed by atoms with van der Waals surface area (Å²) < 4.78 is 11.8. The van der Waals surface area contributed by atoms with E-state index in [0.29, 0.717) is 12.1 Å². The van der Waals surface area contributed by atoms with Crippen LogP contribution in [0.25, 0.3) is 11.0 Å². The van der Waals surface area contributed by atoms with Crippen LogP contribution in [0.5, 0.6) is 0 Å². The molecule has 2 atom stereocenters. The van der Waals surface area contributed by atoms with Crippen molar-refractivity contribution < 1.29 is 9.15 Å². The maximum absolute atomic E-state index is 6.09. The fourth-order valence-electron chi connectivity index (χ4n) is 3.29. The average molecular weight is 288 g/mol. The zero-order valence-electron chi connectivity index (χ0n) is 13.1. The van der Waals surface area contributed by atoms with Gasteiger partial charge in [-0.15, -0.1) is 0 Å². The number of ether oxygens (including phenoxy) is 1. The van der Waals surface area contributed by atoms with Gasteiger partial charge in [0, 0.05) is 30.1 Å². The Morgan fingerprint density at radius 1 is 1.33 bits per heavy atom. The van der Waals surface area contributed by atoms with E-state index in [0.717, 1.165) is 37.5 Å². The molecular formula is C17H24N2O2. The summed E-state index contributed by atoms with van der Waals surface area (Å²) in [4.78, 5) is 2.36. The number of benzene rings is 1. The van der Waals surface area contributed by atoms with Crippen molar-refractivity contribution in [1.82, 2.24) is 10.2 Å². The molecule has 1 aromatic heterocycles. The Bertz CT molecular complexity index is 608. The lowest BCUT2D eigenvalue weighted by molar-refractivity contribution is 0.0792. The van der Waals surface area contributed by atoms with Gasteiger partial charge in [-0.25, -0.2) is 0 Å². The van der Waals surface area contributed by atoms with E-state index in [1.54, 1.807) is 0 Å². The number of fused-ring (bicyclic) bond motifs is 1. The van der Waals surface area contributed by atoms with Crippen LogP contribution in [0.4, 0.5) is 0 Å². The summed E-state index contributed by atoms with van der Waals surface area (Å²) in [5, 5.41) is 4.46. The first-order valence-corrected chi connectivity index (χ1v) is 7.66. The van der Waals surface area contributed by atoms with E-state index in [2.05, 4.69) is 36.3 Å². The minimum Gasteiger partial charge on any atom is -0.459 e. The molecule has 0 aliphatic carbocycles. The molecule has 2 heterocycles. The van der Waals surface area contributed by atoms with Crippen molar-refractivity contribution in [2.75, 3.05) is 20.7 Å². The number of hydrogen-bond donors (Lipinski definition) is 1. The first-order chi connectivity index (χ1) is 10.2. The van der Waals surface area contributed by atoms with Crippen LogP contribution in [-0.4, -0.2) is 37.7 Å². The van der Waals surface area contributed by atoms with Crippen molar-refractivity contribution >= 4 is 11.0 Å². The Balaban J connectivity index is 1.87. The van der Waals surface area contributed by atoms with Crippen molar-refractivity contribution in [2.24, 2.45) is 0 Å². The Morgan fingerprint density at radius 2 is 2.14 bits per heavy atom. The highest BCUT2D eigenvalue weighted by Gasteiger charge is 2.29. The maximum Gasteiger partial charge on any atom is 0.134 e. The number of furan rings is 1. The number of rotatable bonds is 5. The SMILES string of the molecule is CNCc1c(CN(C)C2CCOC2C)oc2ccccc12. The third-order valence-electron chi connectivity index (χ3n) is 4.43. The second-order valence-electron chi connectivity index (χ2n) is 5.88. The van der Waals surface area contributed by atoms with Gasteiger partial charge in [-0.3, -0.25) is 4.90 Å². The van der Waals surface area contributed by atoms with E-state index in [-0.39, 0.29) is 0 Å². The standard InChI is InChI=1S/C17H24N2O2/c1-12-15(8-9-20-12)19(3)11-17-14(10-18-2)13-6-4-5-7-16(13)21-17/h4-7,12,15,18H,8-11H2,1-3H3. The van der Waals surface area contributed by atoms with E-state index in [1.807, 2.05) is 19.2 Å². The van der Waals surface area contributed by atoms with Gasteiger partial charge in [0.05, 0.1) is 12.6 Å². The number of nitrogens with one attached hydrogen (secondary N) is 1. The molecule has 4 nitrogen and oxygen atoms in total. The van der Waals surface area contributed by atoms with Crippen LogP contribution in [0, 0.1) is 0 Å². The third-order valence-corrected chi connectivity index (χ3v) is 4.43. The lowest BCUT2D eigenvalue weighted by Gasteiger charge is -2.26. The summed E-state index contributed by atoms with van der Waals surface area (Å²) in [5.41, 5.74) is 2.24. The van der Waals surface area contributed by atoms with Gasteiger partial charge < -0.3 is 14.5 Å². The normalized spacial score (nSPS) is 22.5. The molecule has 1 aliphatic rings. The maximum atomic E-state index is 6.09. The summed E-state index contributed by atoms with van der Waals surface area (Å²) in [6, 6.07) is 8.74. The molecule has 0 radical (unpaired) electrons. The van der Waals surface area contributed by atoms with Crippen LogP contribution in [0.15, 0.2) is 28.7 Å². The zero-order chi connectivity index (χ0) is 14.8. The topological polar surface area (TPSA) is 37.6 Å². The highest BCUT2D eigenvalue weighted by atomic mass is 16.5. The van der Waals surface area contributed by atoms with E-state index in [9.17, 15) is 0 Å². The predicted molar refractivity (Wildman–Crippen MR) is 84.3 cm³/mol. The molecule has 2 unspecified atom stereocenters. The van der Waals surface area contributed by atoms with E-state index in [4.69, 9.17) is 9.15 Å². The van der Waals surface area contributed by atoms with E-state index >= 15 is 0 Å². The lowest BCUT2D eigenvalue weighted by Crippen LogP contribution is -2.36. The van der Waals surface area contributed by atoms with Gasteiger partial charge >= 0.3 is 0 Å². The molecule has 1 N–H and O–H groups in total. The smallest absolute Gasteiger partial charge is 0.134 e. The number of para-hydroxylation sites is 1. The second kappa shape index (κ2) is 6.18. The Labute approximate surface area is 126 Å². The van der Waals surface area contributed by atoms with Crippen LogP contribution in [0.1, 0.15) is 24.7 Å². The summed E-state index contributed by atoms with van der Waals surface area (Å²) in [6.45, 7) is 4.67. The second-order valence-corrected chi connectivity index (χ2v) is 5.88. The molecule has 1 saturated heterocycles. The summed E-state index contributed by atoms with van der Waals surface area (Å²) in [5.74, 6) is 1.06. The van der Waals surface area contributed by atoms with Gasteiger partial charge in [0.25, 0.3) is 0 Å². The van der Waals surface area contributed by atoms with Gasteiger partial charge in [0.15, 0.2) is 0 Å². The molecule has 1 aromatic carbocycles. The molecule has 114 valence electrons. The van der Waals surface area contributed by atoms with Crippen LogP contribution in [0.3, 0.4) is 0 Å². The molecule has 3 rings (SSSR count). The van der Waals surface area contributed by atoms with Crippen LogP contribution >= 0.6 is 0 Å². The molecule has 1 fully saturated rings. The molecule has 0 spiro atoms. The molecule has 21 heavy (non-hydrogen) atoms. The number of likely N-dealkylation sites (N-methyl/N-ethyl adjacent to an activating group) is 1. The van der Waals surface area contributed by atoms with Gasteiger partial charge in [-0.05, 0) is 33.5 Å². The molecule has 4 heteroatoms. The molecule has 0 saturated carbocycles. The number of nitrogens with zero attached hydrogens (tertiary/aromatic N) is 1. The summed E-state index contributed by atoms with van der Waals surface area (Å²) in [6.07, 6.45) is 1.39.